The lowest BCUT2D eigenvalue weighted by Gasteiger charge is -2.36. The Hall–Kier alpha value is -1.14. The highest BCUT2D eigenvalue weighted by atomic mass is 16.4. The molecule has 0 aromatic carbocycles. The molecule has 0 spiro atoms. The highest BCUT2D eigenvalue weighted by Gasteiger charge is 2.43. The first kappa shape index (κ1) is 15.3. The first-order chi connectivity index (χ1) is 9.52. The zero-order valence-corrected chi connectivity index (χ0v) is 12.0. The highest BCUT2D eigenvalue weighted by molar-refractivity contribution is 5.85. The molecule has 0 bridgehead atoms. The summed E-state index contributed by atoms with van der Waals surface area (Å²) >= 11 is 0. The quantitative estimate of drug-likeness (QED) is 0.751. The highest BCUT2D eigenvalue weighted by Crippen LogP contribution is 2.37. The number of aliphatic hydroxyl groups is 1. The van der Waals surface area contributed by atoms with Gasteiger partial charge in [-0.25, -0.2) is 0 Å². The molecule has 20 heavy (non-hydrogen) atoms. The van der Waals surface area contributed by atoms with E-state index in [1.54, 1.807) is 4.90 Å². The van der Waals surface area contributed by atoms with Crippen molar-refractivity contribution in [2.75, 3.05) is 39.3 Å². The molecule has 6 nitrogen and oxygen atoms in total. The van der Waals surface area contributed by atoms with Crippen molar-refractivity contribution in [2.24, 2.45) is 17.8 Å². The molecule has 0 radical (unpaired) electrons. The van der Waals surface area contributed by atoms with Crippen LogP contribution in [0.1, 0.15) is 19.8 Å². The van der Waals surface area contributed by atoms with E-state index in [9.17, 15) is 14.7 Å². The molecule has 2 aliphatic rings. The molecule has 3 atom stereocenters. The minimum Gasteiger partial charge on any atom is -0.481 e. The molecule has 0 aromatic heterocycles. The molecular weight excluding hydrogens is 260 g/mol. The minimum atomic E-state index is -0.841. The van der Waals surface area contributed by atoms with Gasteiger partial charge < -0.3 is 15.1 Å². The van der Waals surface area contributed by atoms with E-state index in [0.29, 0.717) is 38.4 Å². The van der Waals surface area contributed by atoms with Gasteiger partial charge in [0, 0.05) is 32.7 Å². The molecular formula is C14H24N2O4. The Kier molecular flexibility index (Phi) is 4.99. The van der Waals surface area contributed by atoms with Crippen molar-refractivity contribution >= 4 is 11.9 Å². The van der Waals surface area contributed by atoms with Crippen LogP contribution in [0.2, 0.25) is 0 Å². The van der Waals surface area contributed by atoms with Gasteiger partial charge in [0.15, 0.2) is 0 Å². The molecule has 1 saturated carbocycles. The molecule has 6 heteroatoms. The third-order valence-electron chi connectivity index (χ3n) is 4.53. The minimum absolute atomic E-state index is 0.00500. The number of nitrogens with zero attached hydrogens (tertiary/aromatic N) is 2. The second kappa shape index (κ2) is 6.54. The number of amides is 1. The summed E-state index contributed by atoms with van der Waals surface area (Å²) in [5.74, 6) is -1.40. The van der Waals surface area contributed by atoms with E-state index >= 15 is 0 Å². The number of aliphatic carboxylic acids is 1. The van der Waals surface area contributed by atoms with Gasteiger partial charge in [0.1, 0.15) is 0 Å². The van der Waals surface area contributed by atoms with E-state index in [-0.39, 0.29) is 18.4 Å². The lowest BCUT2D eigenvalue weighted by atomic mass is 9.94. The second-order valence-electron chi connectivity index (χ2n) is 6.02. The summed E-state index contributed by atoms with van der Waals surface area (Å²) in [7, 11) is 0. The number of hydrogen-bond donors (Lipinski definition) is 2. The number of rotatable bonds is 4. The lowest BCUT2D eigenvalue weighted by molar-refractivity contribution is -0.149. The number of carbonyl (C=O) groups excluding carboxylic acids is 1. The Labute approximate surface area is 119 Å². The predicted molar refractivity (Wildman–Crippen MR) is 73.1 cm³/mol. The number of carbonyl (C=O) groups is 2. The van der Waals surface area contributed by atoms with Crippen LogP contribution in [0.4, 0.5) is 0 Å². The second-order valence-corrected chi connectivity index (χ2v) is 6.02. The average molecular weight is 284 g/mol. The molecule has 2 N–H and O–H groups in total. The number of carboxylic acid groups (broad SMARTS) is 1. The Balaban J connectivity index is 1.93. The topological polar surface area (TPSA) is 81.1 Å². The SMILES string of the molecule is CC1CC(C(=O)O)C(C(=O)N2CCN(CCO)CC2)C1. The monoisotopic (exact) mass is 284 g/mol. The summed E-state index contributed by atoms with van der Waals surface area (Å²) in [6, 6.07) is 0. The largest absolute Gasteiger partial charge is 0.481 e. The summed E-state index contributed by atoms with van der Waals surface area (Å²) in [5.41, 5.74) is 0. The van der Waals surface area contributed by atoms with E-state index in [2.05, 4.69) is 4.90 Å². The molecule has 1 aliphatic carbocycles. The molecule has 0 aromatic rings. The van der Waals surface area contributed by atoms with Crippen LogP contribution in [0.25, 0.3) is 0 Å². The first-order valence-electron chi connectivity index (χ1n) is 7.37. The van der Waals surface area contributed by atoms with Crippen LogP contribution >= 0.6 is 0 Å². The van der Waals surface area contributed by atoms with Crippen molar-refractivity contribution < 1.29 is 19.8 Å². The van der Waals surface area contributed by atoms with Gasteiger partial charge in [-0.2, -0.15) is 0 Å². The Morgan fingerprint density at radius 1 is 1.10 bits per heavy atom. The van der Waals surface area contributed by atoms with E-state index < -0.39 is 11.9 Å². The van der Waals surface area contributed by atoms with Gasteiger partial charge in [0.05, 0.1) is 18.4 Å². The van der Waals surface area contributed by atoms with Crippen molar-refractivity contribution in [3.05, 3.63) is 0 Å². The van der Waals surface area contributed by atoms with Gasteiger partial charge >= 0.3 is 5.97 Å². The molecule has 1 aliphatic heterocycles. The Morgan fingerprint density at radius 3 is 2.25 bits per heavy atom. The smallest absolute Gasteiger partial charge is 0.307 e. The fourth-order valence-corrected chi connectivity index (χ4v) is 3.41. The maximum absolute atomic E-state index is 12.5. The maximum Gasteiger partial charge on any atom is 0.307 e. The van der Waals surface area contributed by atoms with Crippen LogP contribution in [0.15, 0.2) is 0 Å². The maximum atomic E-state index is 12.5. The van der Waals surface area contributed by atoms with Gasteiger partial charge in [-0.3, -0.25) is 14.5 Å². The van der Waals surface area contributed by atoms with E-state index in [1.807, 2.05) is 6.92 Å². The van der Waals surface area contributed by atoms with Gasteiger partial charge in [-0.1, -0.05) is 6.92 Å². The first-order valence-corrected chi connectivity index (χ1v) is 7.37. The number of hydrogen-bond acceptors (Lipinski definition) is 4. The molecule has 114 valence electrons. The van der Waals surface area contributed by atoms with Crippen molar-refractivity contribution in [1.82, 2.24) is 9.80 Å². The molecule has 2 rings (SSSR count). The van der Waals surface area contributed by atoms with Gasteiger partial charge in [-0.15, -0.1) is 0 Å². The third kappa shape index (κ3) is 3.30. The fraction of sp³-hybridized carbons (Fsp3) is 0.857. The van der Waals surface area contributed by atoms with E-state index in [0.717, 1.165) is 13.1 Å². The van der Waals surface area contributed by atoms with Crippen LogP contribution in [0.5, 0.6) is 0 Å². The van der Waals surface area contributed by atoms with Gasteiger partial charge in [0.25, 0.3) is 0 Å². The predicted octanol–water partition coefficient (Wildman–Crippen LogP) is -0.130. The van der Waals surface area contributed by atoms with Crippen molar-refractivity contribution in [1.29, 1.82) is 0 Å². The summed E-state index contributed by atoms with van der Waals surface area (Å²) in [5, 5.41) is 18.2. The summed E-state index contributed by atoms with van der Waals surface area (Å²) in [6.45, 7) is 5.57. The summed E-state index contributed by atoms with van der Waals surface area (Å²) < 4.78 is 0. The summed E-state index contributed by atoms with van der Waals surface area (Å²) in [6.07, 6.45) is 1.29. The van der Waals surface area contributed by atoms with Crippen LogP contribution in [-0.4, -0.2) is 71.2 Å². The van der Waals surface area contributed by atoms with Crippen LogP contribution in [0.3, 0.4) is 0 Å². The Bertz CT molecular complexity index is 366. The molecule has 1 saturated heterocycles. The number of piperazine rings is 1. The van der Waals surface area contributed by atoms with Crippen molar-refractivity contribution in [2.45, 2.75) is 19.8 Å². The standard InChI is InChI=1S/C14H24N2O4/c1-10-8-11(12(9-10)14(19)20)13(18)16-4-2-15(3-5-16)6-7-17/h10-12,17H,2-9H2,1H3,(H,19,20). The van der Waals surface area contributed by atoms with Crippen molar-refractivity contribution in [3.8, 4) is 0 Å². The molecule has 1 amide bonds. The number of carboxylic acids is 1. The average Bonchev–Trinajstić information content (AvgIpc) is 2.81. The zero-order valence-electron chi connectivity index (χ0n) is 12.0. The van der Waals surface area contributed by atoms with Crippen molar-refractivity contribution in [3.63, 3.8) is 0 Å². The third-order valence-corrected chi connectivity index (χ3v) is 4.53. The van der Waals surface area contributed by atoms with Crippen LogP contribution < -0.4 is 0 Å². The Morgan fingerprint density at radius 2 is 1.70 bits per heavy atom. The lowest BCUT2D eigenvalue weighted by Crippen LogP contribution is -2.51. The molecule has 1 heterocycles. The van der Waals surface area contributed by atoms with Crippen LogP contribution in [0, 0.1) is 17.8 Å². The number of β-amino-alcohol motifs (C(OH)–C–C–N with tert-alkyl or cyclic N) is 1. The number of aliphatic hydroxyl groups excluding tert-OH is 1. The van der Waals surface area contributed by atoms with Crippen LogP contribution in [-0.2, 0) is 9.59 Å². The molecule has 2 fully saturated rings. The van der Waals surface area contributed by atoms with E-state index in [1.165, 1.54) is 0 Å². The van der Waals surface area contributed by atoms with E-state index in [4.69, 9.17) is 5.11 Å². The fourth-order valence-electron chi connectivity index (χ4n) is 3.41. The van der Waals surface area contributed by atoms with Gasteiger partial charge in [-0.05, 0) is 18.8 Å². The molecule has 3 unspecified atom stereocenters. The normalized spacial score (nSPS) is 31.5. The summed E-state index contributed by atoms with van der Waals surface area (Å²) in [4.78, 5) is 27.7. The van der Waals surface area contributed by atoms with Gasteiger partial charge in [0.2, 0.25) is 5.91 Å². The zero-order chi connectivity index (χ0) is 14.7.